The third kappa shape index (κ3) is 2.90. The van der Waals surface area contributed by atoms with E-state index >= 15 is 0 Å². The van der Waals surface area contributed by atoms with Crippen LogP contribution in [0.4, 0.5) is 11.6 Å². The number of nitrogens with one attached hydrogen (secondary N) is 2. The summed E-state index contributed by atoms with van der Waals surface area (Å²) in [4.78, 5) is 0. The summed E-state index contributed by atoms with van der Waals surface area (Å²) in [6, 6.07) is 7.70. The van der Waals surface area contributed by atoms with Crippen molar-refractivity contribution in [1.29, 1.82) is 0 Å². The first-order chi connectivity index (χ1) is 11.3. The van der Waals surface area contributed by atoms with Gasteiger partial charge in [-0.05, 0) is 37.6 Å². The molecule has 0 unspecified atom stereocenters. The van der Waals surface area contributed by atoms with Crippen LogP contribution >= 0.6 is 0 Å². The Hall–Kier alpha value is -2.83. The van der Waals surface area contributed by atoms with Gasteiger partial charge in [0.15, 0.2) is 5.82 Å². The molecule has 0 saturated carbocycles. The fourth-order valence-electron chi connectivity index (χ4n) is 2.47. The van der Waals surface area contributed by atoms with Gasteiger partial charge in [-0.2, -0.15) is 5.10 Å². The molecule has 0 aliphatic heterocycles. The number of anilines is 2. The van der Waals surface area contributed by atoms with Gasteiger partial charge < -0.3 is 10.1 Å². The van der Waals surface area contributed by atoms with Crippen molar-refractivity contribution in [3.05, 3.63) is 36.2 Å². The Balaban J connectivity index is 1.91. The van der Waals surface area contributed by atoms with E-state index in [0.29, 0.717) is 5.95 Å². The molecule has 0 bridgehead atoms. The maximum absolute atomic E-state index is 5.17. The van der Waals surface area contributed by atoms with Crippen LogP contribution < -0.4 is 10.1 Å². The molecule has 2 N–H and O–H groups in total. The van der Waals surface area contributed by atoms with Gasteiger partial charge in [-0.25, -0.2) is 0 Å². The smallest absolute Gasteiger partial charge is 0.229 e. The van der Waals surface area contributed by atoms with Crippen LogP contribution in [0.3, 0.4) is 0 Å². The molecular formula is C16H20N6O. The minimum Gasteiger partial charge on any atom is -0.497 e. The monoisotopic (exact) mass is 312 g/mol. The van der Waals surface area contributed by atoms with Gasteiger partial charge in [0.25, 0.3) is 0 Å². The molecule has 0 fully saturated rings. The summed E-state index contributed by atoms with van der Waals surface area (Å²) < 4.78 is 7.21. The zero-order valence-electron chi connectivity index (χ0n) is 13.5. The average Bonchev–Trinajstić information content (AvgIpc) is 3.21. The minimum absolute atomic E-state index is 0.705. The van der Waals surface area contributed by atoms with E-state index in [1.54, 1.807) is 13.3 Å². The molecule has 7 heteroatoms. The number of aryl methyl sites for hydroxylation is 1. The fraction of sp³-hybridized carbons (Fsp3) is 0.312. The van der Waals surface area contributed by atoms with Gasteiger partial charge in [-0.3, -0.25) is 9.67 Å². The van der Waals surface area contributed by atoms with Crippen LogP contribution in [0.15, 0.2) is 30.5 Å². The third-order valence-corrected chi connectivity index (χ3v) is 3.73. The molecule has 0 radical (unpaired) electrons. The summed E-state index contributed by atoms with van der Waals surface area (Å²) in [6.45, 7) is 4.91. The first-order valence-electron chi connectivity index (χ1n) is 7.63. The number of aromatic amines is 1. The van der Waals surface area contributed by atoms with Crippen LogP contribution in [-0.2, 0) is 13.0 Å². The highest BCUT2D eigenvalue weighted by Crippen LogP contribution is 2.25. The van der Waals surface area contributed by atoms with Crippen LogP contribution in [0, 0.1) is 0 Å². The normalized spacial score (nSPS) is 10.7. The molecular weight excluding hydrogens is 292 g/mol. The summed E-state index contributed by atoms with van der Waals surface area (Å²) in [7, 11) is 1.65. The molecule has 7 nitrogen and oxygen atoms in total. The maximum Gasteiger partial charge on any atom is 0.229 e. The standard InChI is InChI=1S/C16H20N6O/c1-4-14-13(10-17-19-14)15-20-21-16(22(15)5-2)18-11-6-8-12(23-3)9-7-11/h6-10H,4-5H2,1-3H3,(H,17,19)(H,18,21). The summed E-state index contributed by atoms with van der Waals surface area (Å²) in [5.41, 5.74) is 2.98. The van der Waals surface area contributed by atoms with E-state index in [-0.39, 0.29) is 0 Å². The topological polar surface area (TPSA) is 80.7 Å². The van der Waals surface area contributed by atoms with Crippen molar-refractivity contribution in [3.8, 4) is 17.1 Å². The quantitative estimate of drug-likeness (QED) is 0.731. The van der Waals surface area contributed by atoms with Gasteiger partial charge in [-0.15, -0.1) is 10.2 Å². The second kappa shape index (κ2) is 6.51. The summed E-state index contributed by atoms with van der Waals surface area (Å²) in [6.07, 6.45) is 2.67. The number of nitrogens with zero attached hydrogens (tertiary/aromatic N) is 4. The van der Waals surface area contributed by atoms with Crippen molar-refractivity contribution in [2.45, 2.75) is 26.8 Å². The Morgan fingerprint density at radius 2 is 1.96 bits per heavy atom. The highest BCUT2D eigenvalue weighted by Gasteiger charge is 2.16. The average molecular weight is 312 g/mol. The van der Waals surface area contributed by atoms with Crippen molar-refractivity contribution in [3.63, 3.8) is 0 Å². The van der Waals surface area contributed by atoms with E-state index in [9.17, 15) is 0 Å². The van der Waals surface area contributed by atoms with Crippen molar-refractivity contribution >= 4 is 11.6 Å². The molecule has 23 heavy (non-hydrogen) atoms. The zero-order valence-corrected chi connectivity index (χ0v) is 13.5. The van der Waals surface area contributed by atoms with Gasteiger partial charge in [0, 0.05) is 17.9 Å². The molecule has 120 valence electrons. The fourth-order valence-corrected chi connectivity index (χ4v) is 2.47. The Labute approximate surface area is 134 Å². The Morgan fingerprint density at radius 1 is 1.17 bits per heavy atom. The number of hydrogen-bond donors (Lipinski definition) is 2. The molecule has 0 spiro atoms. The number of H-pyrrole nitrogens is 1. The van der Waals surface area contributed by atoms with Crippen LogP contribution in [-0.4, -0.2) is 32.1 Å². The van der Waals surface area contributed by atoms with Gasteiger partial charge >= 0.3 is 0 Å². The van der Waals surface area contributed by atoms with Crippen molar-refractivity contribution in [2.75, 3.05) is 12.4 Å². The summed E-state index contributed by atoms with van der Waals surface area (Å²) in [5, 5.41) is 19.0. The SMILES string of the molecule is CCc1[nH]ncc1-c1nnc(Nc2ccc(OC)cc2)n1CC. The molecule has 3 rings (SSSR count). The van der Waals surface area contributed by atoms with E-state index < -0.39 is 0 Å². The molecule has 0 saturated heterocycles. The third-order valence-electron chi connectivity index (χ3n) is 3.73. The van der Waals surface area contributed by atoms with Crippen LogP contribution in [0.25, 0.3) is 11.4 Å². The number of benzene rings is 1. The molecule has 2 aromatic heterocycles. The lowest BCUT2D eigenvalue weighted by atomic mass is 10.2. The number of ether oxygens (including phenoxy) is 1. The van der Waals surface area contributed by atoms with E-state index in [4.69, 9.17) is 4.74 Å². The Kier molecular flexibility index (Phi) is 4.27. The molecule has 1 aromatic carbocycles. The van der Waals surface area contributed by atoms with Gasteiger partial charge in [0.1, 0.15) is 5.75 Å². The number of rotatable bonds is 6. The van der Waals surface area contributed by atoms with E-state index in [0.717, 1.165) is 41.5 Å². The number of aromatic nitrogens is 5. The molecule has 2 heterocycles. The molecule has 0 atom stereocenters. The highest BCUT2D eigenvalue weighted by molar-refractivity contribution is 5.62. The summed E-state index contributed by atoms with van der Waals surface area (Å²) >= 11 is 0. The van der Waals surface area contributed by atoms with Crippen molar-refractivity contribution in [1.82, 2.24) is 25.0 Å². The second-order valence-electron chi connectivity index (χ2n) is 5.06. The summed E-state index contributed by atoms with van der Waals surface area (Å²) in [5.74, 6) is 2.34. The van der Waals surface area contributed by atoms with Crippen LogP contribution in [0.2, 0.25) is 0 Å². The maximum atomic E-state index is 5.17. The first kappa shape index (κ1) is 15.1. The Morgan fingerprint density at radius 3 is 2.61 bits per heavy atom. The van der Waals surface area contributed by atoms with Crippen molar-refractivity contribution < 1.29 is 4.74 Å². The van der Waals surface area contributed by atoms with E-state index in [2.05, 4.69) is 39.6 Å². The lowest BCUT2D eigenvalue weighted by molar-refractivity contribution is 0.415. The minimum atomic E-state index is 0.705. The lowest BCUT2D eigenvalue weighted by Gasteiger charge is -2.09. The van der Waals surface area contributed by atoms with Gasteiger partial charge in [-0.1, -0.05) is 6.92 Å². The van der Waals surface area contributed by atoms with Crippen LogP contribution in [0.1, 0.15) is 19.5 Å². The van der Waals surface area contributed by atoms with Gasteiger partial charge in [0.2, 0.25) is 5.95 Å². The second-order valence-corrected chi connectivity index (χ2v) is 5.06. The van der Waals surface area contributed by atoms with E-state index in [1.807, 2.05) is 28.8 Å². The lowest BCUT2D eigenvalue weighted by Crippen LogP contribution is -2.04. The Bertz CT molecular complexity index is 774. The van der Waals surface area contributed by atoms with E-state index in [1.165, 1.54) is 0 Å². The number of methoxy groups -OCH3 is 1. The predicted octanol–water partition coefficient (Wildman–Crippen LogP) is 3.00. The van der Waals surface area contributed by atoms with Crippen molar-refractivity contribution in [2.24, 2.45) is 0 Å². The zero-order chi connectivity index (χ0) is 16.2. The highest BCUT2D eigenvalue weighted by atomic mass is 16.5. The first-order valence-corrected chi connectivity index (χ1v) is 7.63. The largest absolute Gasteiger partial charge is 0.497 e. The van der Waals surface area contributed by atoms with Crippen LogP contribution in [0.5, 0.6) is 5.75 Å². The molecule has 0 aliphatic carbocycles. The van der Waals surface area contributed by atoms with Gasteiger partial charge in [0.05, 0.1) is 18.9 Å². The molecule has 0 aliphatic rings. The predicted molar refractivity (Wildman–Crippen MR) is 88.9 cm³/mol. The molecule has 3 aromatic rings. The molecule has 0 amide bonds. The number of hydrogen-bond acceptors (Lipinski definition) is 5.